The maximum absolute atomic E-state index is 6.33. The fraction of sp³-hybridized carbons (Fsp3) is 0.571. The Morgan fingerprint density at radius 3 is 2.37 bits per heavy atom. The number of rotatable bonds is 6. The molecule has 0 aromatic heterocycles. The first-order valence-electron chi connectivity index (χ1n) is 6.19. The molecule has 1 atom stereocenters. The molecular weight excluding hydrogens is 310 g/mol. The molecule has 0 aliphatic carbocycles. The monoisotopic (exact) mass is 331 g/mol. The summed E-state index contributed by atoms with van der Waals surface area (Å²) in [5.41, 5.74) is 6.74. The highest BCUT2D eigenvalue weighted by Gasteiger charge is 2.31. The summed E-state index contributed by atoms with van der Waals surface area (Å²) in [6.45, 7) is 6.51. The molecule has 0 saturated heterocycles. The van der Waals surface area contributed by atoms with Crippen molar-refractivity contribution in [3.63, 3.8) is 0 Å². The zero-order valence-electron chi connectivity index (χ0n) is 12.1. The van der Waals surface area contributed by atoms with Gasteiger partial charge in [-0.15, -0.1) is 0 Å². The van der Waals surface area contributed by atoms with E-state index < -0.39 is 5.60 Å². The highest BCUT2D eigenvalue weighted by atomic mass is 79.9. The molecule has 1 rings (SSSR count). The molecule has 0 radical (unpaired) electrons. The smallest absolute Gasteiger partial charge is 0.141 e. The maximum Gasteiger partial charge on any atom is 0.141 e. The summed E-state index contributed by atoms with van der Waals surface area (Å²) in [4.78, 5) is 0. The zero-order chi connectivity index (χ0) is 14.6. The number of methoxy groups -OCH3 is 2. The standard InChI is InChI=1S/C14H22BrNO3/c1-6-19-14(2,3)13(16)9-7-8-10(17-4)11(15)12(9)18-5/h7-8,13H,6,16H2,1-5H3. The lowest BCUT2D eigenvalue weighted by Gasteiger charge is -2.32. The Morgan fingerprint density at radius 1 is 1.26 bits per heavy atom. The molecule has 2 N–H and O–H groups in total. The van der Waals surface area contributed by atoms with Gasteiger partial charge in [0, 0.05) is 12.2 Å². The molecular formula is C14H22BrNO3. The van der Waals surface area contributed by atoms with Gasteiger partial charge < -0.3 is 19.9 Å². The summed E-state index contributed by atoms with van der Waals surface area (Å²) >= 11 is 3.48. The van der Waals surface area contributed by atoms with E-state index in [-0.39, 0.29) is 6.04 Å². The molecule has 0 spiro atoms. The van der Waals surface area contributed by atoms with Gasteiger partial charge in [0.05, 0.1) is 25.9 Å². The molecule has 19 heavy (non-hydrogen) atoms. The van der Waals surface area contributed by atoms with Crippen LogP contribution in [0.5, 0.6) is 11.5 Å². The van der Waals surface area contributed by atoms with Crippen LogP contribution < -0.4 is 15.2 Å². The van der Waals surface area contributed by atoms with Crippen molar-refractivity contribution in [2.24, 2.45) is 5.73 Å². The molecule has 0 saturated carbocycles. The van der Waals surface area contributed by atoms with E-state index in [0.717, 1.165) is 10.0 Å². The molecule has 0 aliphatic heterocycles. The summed E-state index contributed by atoms with van der Waals surface area (Å²) in [5.74, 6) is 1.39. The molecule has 0 amide bonds. The molecule has 0 bridgehead atoms. The van der Waals surface area contributed by atoms with Crippen LogP contribution in [0.15, 0.2) is 16.6 Å². The normalized spacial score (nSPS) is 13.2. The largest absolute Gasteiger partial charge is 0.495 e. The van der Waals surface area contributed by atoms with Crippen LogP contribution in [0.2, 0.25) is 0 Å². The number of hydrogen-bond acceptors (Lipinski definition) is 4. The van der Waals surface area contributed by atoms with Crippen LogP contribution in [0.1, 0.15) is 32.4 Å². The van der Waals surface area contributed by atoms with E-state index in [9.17, 15) is 0 Å². The van der Waals surface area contributed by atoms with Gasteiger partial charge in [-0.05, 0) is 48.8 Å². The molecule has 0 heterocycles. The Labute approximate surface area is 123 Å². The summed E-state index contributed by atoms with van der Waals surface area (Å²) in [6, 6.07) is 3.47. The maximum atomic E-state index is 6.33. The first kappa shape index (κ1) is 16.3. The first-order valence-corrected chi connectivity index (χ1v) is 6.98. The van der Waals surface area contributed by atoms with Crippen molar-refractivity contribution in [2.45, 2.75) is 32.4 Å². The van der Waals surface area contributed by atoms with Crippen LogP contribution in [0.25, 0.3) is 0 Å². The highest BCUT2D eigenvalue weighted by Crippen LogP contribution is 2.41. The lowest BCUT2D eigenvalue weighted by atomic mass is 9.91. The van der Waals surface area contributed by atoms with Crippen molar-refractivity contribution in [3.8, 4) is 11.5 Å². The first-order chi connectivity index (χ1) is 8.88. The molecule has 1 aromatic carbocycles. The summed E-state index contributed by atoms with van der Waals surface area (Å²) in [6.07, 6.45) is 0. The van der Waals surface area contributed by atoms with Crippen molar-refractivity contribution in [1.82, 2.24) is 0 Å². The average Bonchev–Trinajstić information content (AvgIpc) is 2.37. The Kier molecular flexibility index (Phi) is 5.64. The molecule has 5 heteroatoms. The minimum Gasteiger partial charge on any atom is -0.495 e. The quantitative estimate of drug-likeness (QED) is 0.869. The fourth-order valence-corrected chi connectivity index (χ4v) is 2.68. The van der Waals surface area contributed by atoms with Gasteiger partial charge >= 0.3 is 0 Å². The molecule has 1 aromatic rings. The van der Waals surface area contributed by atoms with Crippen LogP contribution in [-0.2, 0) is 4.74 Å². The highest BCUT2D eigenvalue weighted by molar-refractivity contribution is 9.10. The predicted octanol–water partition coefficient (Wildman–Crippen LogP) is 3.28. The van der Waals surface area contributed by atoms with Gasteiger partial charge in [-0.25, -0.2) is 0 Å². The third-order valence-electron chi connectivity index (χ3n) is 3.12. The van der Waals surface area contributed by atoms with E-state index in [4.69, 9.17) is 19.9 Å². The van der Waals surface area contributed by atoms with E-state index in [1.165, 1.54) is 0 Å². The van der Waals surface area contributed by atoms with Gasteiger partial charge in [0.15, 0.2) is 0 Å². The lowest BCUT2D eigenvalue weighted by molar-refractivity contribution is -0.0302. The number of nitrogens with two attached hydrogens (primary N) is 1. The van der Waals surface area contributed by atoms with E-state index in [2.05, 4.69) is 15.9 Å². The van der Waals surface area contributed by atoms with Gasteiger partial charge in [-0.1, -0.05) is 0 Å². The van der Waals surface area contributed by atoms with Gasteiger partial charge in [-0.3, -0.25) is 0 Å². The van der Waals surface area contributed by atoms with Gasteiger partial charge in [0.25, 0.3) is 0 Å². The van der Waals surface area contributed by atoms with Crippen molar-refractivity contribution in [2.75, 3.05) is 20.8 Å². The van der Waals surface area contributed by atoms with E-state index >= 15 is 0 Å². The summed E-state index contributed by atoms with van der Waals surface area (Å²) in [7, 11) is 3.23. The average molecular weight is 332 g/mol. The third kappa shape index (κ3) is 3.41. The van der Waals surface area contributed by atoms with Crippen molar-refractivity contribution < 1.29 is 14.2 Å². The molecule has 0 aliphatic rings. The van der Waals surface area contributed by atoms with Gasteiger partial charge in [-0.2, -0.15) is 0 Å². The SMILES string of the molecule is CCOC(C)(C)C(N)c1ccc(OC)c(Br)c1OC. The Balaban J connectivity index is 3.23. The molecule has 1 unspecified atom stereocenters. The minimum absolute atomic E-state index is 0.301. The molecule has 4 nitrogen and oxygen atoms in total. The lowest BCUT2D eigenvalue weighted by Crippen LogP contribution is -2.38. The predicted molar refractivity (Wildman–Crippen MR) is 79.9 cm³/mol. The van der Waals surface area contributed by atoms with Crippen LogP contribution in [0.3, 0.4) is 0 Å². The van der Waals surface area contributed by atoms with E-state index in [1.807, 2.05) is 32.9 Å². The zero-order valence-corrected chi connectivity index (χ0v) is 13.7. The third-order valence-corrected chi connectivity index (χ3v) is 3.87. The summed E-state index contributed by atoms with van der Waals surface area (Å²) < 4.78 is 17.2. The number of ether oxygens (including phenoxy) is 3. The van der Waals surface area contributed by atoms with Gasteiger partial charge in [0.2, 0.25) is 0 Å². The fourth-order valence-electron chi connectivity index (χ4n) is 2.00. The second-order valence-electron chi connectivity index (χ2n) is 4.72. The number of hydrogen-bond donors (Lipinski definition) is 1. The van der Waals surface area contributed by atoms with Crippen molar-refractivity contribution in [1.29, 1.82) is 0 Å². The number of benzene rings is 1. The van der Waals surface area contributed by atoms with Crippen LogP contribution >= 0.6 is 15.9 Å². The van der Waals surface area contributed by atoms with Crippen LogP contribution in [0.4, 0.5) is 0 Å². The van der Waals surface area contributed by atoms with Crippen LogP contribution in [0, 0.1) is 0 Å². The van der Waals surface area contributed by atoms with Crippen molar-refractivity contribution >= 4 is 15.9 Å². The summed E-state index contributed by atoms with van der Waals surface area (Å²) in [5, 5.41) is 0. The molecule has 108 valence electrons. The Morgan fingerprint density at radius 2 is 1.89 bits per heavy atom. The minimum atomic E-state index is -0.476. The molecule has 0 fully saturated rings. The Bertz CT molecular complexity index is 435. The van der Waals surface area contributed by atoms with E-state index in [0.29, 0.717) is 18.1 Å². The Hall–Kier alpha value is -0.780. The number of halogens is 1. The van der Waals surface area contributed by atoms with Crippen LogP contribution in [-0.4, -0.2) is 26.4 Å². The second kappa shape index (κ2) is 6.59. The topological polar surface area (TPSA) is 53.7 Å². The van der Waals surface area contributed by atoms with Gasteiger partial charge in [0.1, 0.15) is 16.0 Å². The van der Waals surface area contributed by atoms with E-state index in [1.54, 1.807) is 14.2 Å². The van der Waals surface area contributed by atoms with Crippen molar-refractivity contribution in [3.05, 3.63) is 22.2 Å². The second-order valence-corrected chi connectivity index (χ2v) is 5.51.